The van der Waals surface area contributed by atoms with Gasteiger partial charge in [-0.05, 0) is 36.2 Å². The maximum absolute atomic E-state index is 13.3. The Morgan fingerprint density at radius 2 is 1.74 bits per heavy atom. The van der Waals surface area contributed by atoms with Crippen LogP contribution in [-0.4, -0.2) is 43.7 Å². The molecule has 1 saturated heterocycles. The maximum atomic E-state index is 13.3. The third-order valence-corrected chi connectivity index (χ3v) is 6.60. The largest absolute Gasteiger partial charge is 0.497 e. The van der Waals surface area contributed by atoms with E-state index in [1.165, 1.54) is 4.31 Å². The molecule has 0 aromatic heterocycles. The van der Waals surface area contributed by atoms with E-state index in [4.69, 9.17) is 4.74 Å². The van der Waals surface area contributed by atoms with Gasteiger partial charge in [0.1, 0.15) is 11.9 Å². The van der Waals surface area contributed by atoms with E-state index in [2.05, 4.69) is 0 Å². The van der Waals surface area contributed by atoms with Crippen LogP contribution >= 0.6 is 0 Å². The highest BCUT2D eigenvalue weighted by Gasteiger charge is 2.40. The number of hydrogen-bond donors (Lipinski definition) is 0. The molecule has 1 heterocycles. The van der Waals surface area contributed by atoms with E-state index >= 15 is 0 Å². The molecule has 0 aliphatic carbocycles. The number of carbonyl (C=O) groups excluding carboxylic acids is 1. The smallest absolute Gasteiger partial charge is 0.245 e. The third-order valence-electron chi connectivity index (χ3n) is 4.73. The van der Waals surface area contributed by atoms with Crippen molar-refractivity contribution in [3.05, 3.63) is 60.2 Å². The van der Waals surface area contributed by atoms with Crippen molar-refractivity contribution in [2.45, 2.75) is 30.8 Å². The second-order valence-corrected chi connectivity index (χ2v) is 8.26. The van der Waals surface area contributed by atoms with Gasteiger partial charge in [-0.15, -0.1) is 0 Å². The van der Waals surface area contributed by atoms with E-state index in [9.17, 15) is 13.2 Å². The Labute approximate surface area is 160 Å². The van der Waals surface area contributed by atoms with Crippen molar-refractivity contribution < 1.29 is 17.9 Å². The van der Waals surface area contributed by atoms with Gasteiger partial charge < -0.3 is 9.64 Å². The van der Waals surface area contributed by atoms with Gasteiger partial charge >= 0.3 is 0 Å². The minimum Gasteiger partial charge on any atom is -0.497 e. The number of benzene rings is 2. The molecule has 1 fully saturated rings. The van der Waals surface area contributed by atoms with E-state index in [1.807, 2.05) is 12.1 Å². The van der Waals surface area contributed by atoms with Gasteiger partial charge in [0.25, 0.3) is 0 Å². The molecule has 27 heavy (non-hydrogen) atoms. The summed E-state index contributed by atoms with van der Waals surface area (Å²) in [5.74, 6) is 0.615. The summed E-state index contributed by atoms with van der Waals surface area (Å²) >= 11 is 0. The van der Waals surface area contributed by atoms with Crippen LogP contribution in [-0.2, 0) is 14.8 Å². The lowest BCUT2D eigenvalue weighted by atomic mass is 10.1. The minimum atomic E-state index is -3.74. The quantitative estimate of drug-likeness (QED) is 0.790. The maximum Gasteiger partial charge on any atom is 0.245 e. The lowest BCUT2D eigenvalue weighted by Crippen LogP contribution is -2.51. The molecule has 6 nitrogen and oxygen atoms in total. The highest BCUT2D eigenvalue weighted by Crippen LogP contribution is 2.35. The summed E-state index contributed by atoms with van der Waals surface area (Å²) in [6.45, 7) is 2.68. The molecule has 2 aromatic rings. The molecule has 3 rings (SSSR count). The summed E-state index contributed by atoms with van der Waals surface area (Å²) in [7, 11) is -2.16. The summed E-state index contributed by atoms with van der Waals surface area (Å²) in [5, 5.41) is 0. The van der Waals surface area contributed by atoms with Crippen molar-refractivity contribution in [1.82, 2.24) is 9.21 Å². The van der Waals surface area contributed by atoms with Gasteiger partial charge in [0.15, 0.2) is 0 Å². The molecule has 1 aliphatic rings. The second-order valence-electron chi connectivity index (χ2n) is 6.37. The molecule has 1 amide bonds. The van der Waals surface area contributed by atoms with Gasteiger partial charge in [0, 0.05) is 19.5 Å². The molecule has 0 spiro atoms. The van der Waals surface area contributed by atoms with Gasteiger partial charge in [-0.25, -0.2) is 8.42 Å². The van der Waals surface area contributed by atoms with Crippen LogP contribution < -0.4 is 4.74 Å². The highest BCUT2D eigenvalue weighted by atomic mass is 32.2. The zero-order valence-electron chi connectivity index (χ0n) is 15.5. The number of hydrogen-bond acceptors (Lipinski definition) is 4. The van der Waals surface area contributed by atoms with E-state index in [-0.39, 0.29) is 10.8 Å². The number of carbonyl (C=O) groups is 1. The van der Waals surface area contributed by atoms with Crippen molar-refractivity contribution >= 4 is 15.9 Å². The van der Waals surface area contributed by atoms with Crippen LogP contribution in [0.25, 0.3) is 0 Å². The number of ether oxygens (including phenoxy) is 1. The fraction of sp³-hybridized carbons (Fsp3) is 0.350. The molecule has 1 unspecified atom stereocenters. The average molecular weight is 388 g/mol. The van der Waals surface area contributed by atoms with E-state index in [1.54, 1.807) is 61.4 Å². The number of methoxy groups -OCH3 is 1. The first-order valence-corrected chi connectivity index (χ1v) is 10.4. The van der Waals surface area contributed by atoms with Crippen molar-refractivity contribution in [3.8, 4) is 5.75 Å². The molecular formula is C20H24N2O4S. The topological polar surface area (TPSA) is 66.9 Å². The fourth-order valence-electron chi connectivity index (χ4n) is 3.36. The van der Waals surface area contributed by atoms with Crippen molar-refractivity contribution in [2.75, 3.05) is 20.2 Å². The van der Waals surface area contributed by atoms with Crippen LogP contribution in [0, 0.1) is 0 Å². The van der Waals surface area contributed by atoms with Crippen LogP contribution in [0.2, 0.25) is 0 Å². The van der Waals surface area contributed by atoms with Crippen LogP contribution in [0.1, 0.15) is 31.5 Å². The summed E-state index contributed by atoms with van der Waals surface area (Å²) in [6, 6.07) is 15.6. The number of amides is 1. The predicted molar refractivity (Wildman–Crippen MR) is 103 cm³/mol. The van der Waals surface area contributed by atoms with E-state index in [0.29, 0.717) is 31.7 Å². The molecule has 0 radical (unpaired) electrons. The Balaban J connectivity index is 2.08. The van der Waals surface area contributed by atoms with Gasteiger partial charge in [0.05, 0.1) is 12.0 Å². The van der Waals surface area contributed by atoms with Gasteiger partial charge in [-0.3, -0.25) is 4.79 Å². The Bertz CT molecular complexity index is 882. The summed E-state index contributed by atoms with van der Waals surface area (Å²) in [6.07, 6.45) is 0.262. The molecule has 2 aromatic carbocycles. The zero-order valence-corrected chi connectivity index (χ0v) is 16.4. The lowest BCUT2D eigenvalue weighted by molar-refractivity contribution is -0.138. The first kappa shape index (κ1) is 19.4. The number of nitrogens with zero attached hydrogens (tertiary/aromatic N) is 2. The first-order chi connectivity index (χ1) is 13.0. The van der Waals surface area contributed by atoms with E-state index < -0.39 is 16.2 Å². The Morgan fingerprint density at radius 1 is 1.07 bits per heavy atom. The number of rotatable bonds is 5. The highest BCUT2D eigenvalue weighted by molar-refractivity contribution is 7.89. The summed E-state index contributed by atoms with van der Waals surface area (Å²) in [5.41, 5.74) is 0.747. The van der Waals surface area contributed by atoms with Gasteiger partial charge in [0.2, 0.25) is 15.9 Å². The van der Waals surface area contributed by atoms with Crippen molar-refractivity contribution in [3.63, 3.8) is 0 Å². The second kappa shape index (κ2) is 8.10. The minimum absolute atomic E-state index is 0.0659. The zero-order chi connectivity index (χ0) is 19.4. The Hall–Kier alpha value is -2.38. The molecule has 1 atom stereocenters. The van der Waals surface area contributed by atoms with Crippen LogP contribution in [0.3, 0.4) is 0 Å². The van der Waals surface area contributed by atoms with Crippen molar-refractivity contribution in [1.29, 1.82) is 0 Å². The standard InChI is InChI=1S/C20H24N2O4S/c1-3-19(23)21-14-7-15-22(27(24,25)18-8-5-4-6-9-18)20(21)16-10-12-17(26-2)13-11-16/h4-6,8-13,20H,3,7,14-15H2,1-2H3. The SMILES string of the molecule is CCC(=O)N1CCCN(S(=O)(=O)c2ccccc2)C1c1ccc(OC)cc1. The summed E-state index contributed by atoms with van der Waals surface area (Å²) in [4.78, 5) is 14.5. The normalized spacial score (nSPS) is 18.3. The Morgan fingerprint density at radius 3 is 2.33 bits per heavy atom. The molecule has 7 heteroatoms. The van der Waals surface area contributed by atoms with Gasteiger partial charge in [-0.1, -0.05) is 37.3 Å². The van der Waals surface area contributed by atoms with Gasteiger partial charge in [-0.2, -0.15) is 4.31 Å². The van der Waals surface area contributed by atoms with E-state index in [0.717, 1.165) is 5.56 Å². The third kappa shape index (κ3) is 3.84. The molecule has 144 valence electrons. The molecular weight excluding hydrogens is 364 g/mol. The molecule has 0 bridgehead atoms. The summed E-state index contributed by atoms with van der Waals surface area (Å²) < 4.78 is 33.3. The number of sulfonamides is 1. The molecule has 0 saturated carbocycles. The van der Waals surface area contributed by atoms with Crippen molar-refractivity contribution in [2.24, 2.45) is 0 Å². The molecule has 1 aliphatic heterocycles. The lowest BCUT2D eigenvalue weighted by Gasteiger charge is -2.43. The Kier molecular flexibility index (Phi) is 5.82. The molecule has 0 N–H and O–H groups in total. The average Bonchev–Trinajstić information content (AvgIpc) is 2.73. The monoisotopic (exact) mass is 388 g/mol. The predicted octanol–water partition coefficient (Wildman–Crippen LogP) is 3.03. The van der Waals surface area contributed by atoms with Crippen LogP contribution in [0.5, 0.6) is 5.75 Å². The first-order valence-electron chi connectivity index (χ1n) is 8.99. The van der Waals surface area contributed by atoms with Crippen LogP contribution in [0.4, 0.5) is 0 Å². The van der Waals surface area contributed by atoms with Crippen LogP contribution in [0.15, 0.2) is 59.5 Å². The fourth-order valence-corrected chi connectivity index (χ4v) is 5.00.